The molecule has 1 aromatic carbocycles. The van der Waals surface area contributed by atoms with Crippen LogP contribution < -0.4 is 5.56 Å². The maximum atomic E-state index is 13.8. The first-order chi connectivity index (χ1) is 12.1. The van der Waals surface area contributed by atoms with E-state index in [1.165, 1.54) is 39.7 Å². The minimum atomic E-state index is -0.365. The van der Waals surface area contributed by atoms with Crippen LogP contribution in [0.4, 0.5) is 4.39 Å². The monoisotopic (exact) mass is 374 g/mol. The molecule has 1 N–H and O–H groups in total. The third-order valence-electron chi connectivity index (χ3n) is 3.34. The van der Waals surface area contributed by atoms with Gasteiger partial charge in [0.15, 0.2) is 5.82 Å². The summed E-state index contributed by atoms with van der Waals surface area (Å²) in [5.74, 6) is 0.426. The van der Waals surface area contributed by atoms with Gasteiger partial charge in [-0.05, 0) is 19.1 Å². The Bertz CT molecular complexity index is 1120. The molecule has 0 fully saturated rings. The number of H-pyrrole nitrogens is 1. The first-order valence-electron chi connectivity index (χ1n) is 7.26. The average molecular weight is 374 g/mol. The molecule has 10 heteroatoms. The fourth-order valence-corrected chi connectivity index (χ4v) is 3.71. The molecule has 4 rings (SSSR count). The van der Waals surface area contributed by atoms with Crippen molar-refractivity contribution in [1.82, 2.24) is 29.8 Å². The fourth-order valence-electron chi connectivity index (χ4n) is 2.25. The fraction of sp³-hybridized carbons (Fsp3) is 0.133. The van der Waals surface area contributed by atoms with E-state index in [0.29, 0.717) is 33.0 Å². The highest BCUT2D eigenvalue weighted by Crippen LogP contribution is 2.23. The van der Waals surface area contributed by atoms with Crippen LogP contribution in [0.3, 0.4) is 0 Å². The highest BCUT2D eigenvalue weighted by atomic mass is 32.2. The number of thioether (sulfide) groups is 1. The van der Waals surface area contributed by atoms with Gasteiger partial charge >= 0.3 is 0 Å². The zero-order valence-corrected chi connectivity index (χ0v) is 14.6. The Balaban J connectivity index is 1.54. The molecule has 0 amide bonds. The summed E-state index contributed by atoms with van der Waals surface area (Å²) < 4.78 is 15.1. The van der Waals surface area contributed by atoms with E-state index in [2.05, 4.69) is 25.3 Å². The van der Waals surface area contributed by atoms with E-state index >= 15 is 0 Å². The number of aryl methyl sites for hydroxylation is 1. The SMILES string of the molecule is Cc1nn2c(=O)cc(CSc3n[nH]c(-c4ccccc4F)n3)nc2s1. The Hall–Kier alpha value is -2.59. The van der Waals surface area contributed by atoms with Gasteiger partial charge in [-0.15, -0.1) is 5.10 Å². The van der Waals surface area contributed by atoms with Crippen molar-refractivity contribution in [1.29, 1.82) is 0 Å². The third-order valence-corrected chi connectivity index (χ3v) is 5.05. The van der Waals surface area contributed by atoms with Gasteiger partial charge < -0.3 is 0 Å². The molecule has 126 valence electrons. The van der Waals surface area contributed by atoms with Crippen molar-refractivity contribution in [3.05, 3.63) is 57.2 Å². The molecule has 0 saturated carbocycles. The summed E-state index contributed by atoms with van der Waals surface area (Å²) >= 11 is 2.67. The van der Waals surface area contributed by atoms with Crippen molar-refractivity contribution in [3.63, 3.8) is 0 Å². The van der Waals surface area contributed by atoms with E-state index in [9.17, 15) is 9.18 Å². The van der Waals surface area contributed by atoms with Gasteiger partial charge in [0.25, 0.3) is 5.56 Å². The molecule has 0 aliphatic heterocycles. The molecule has 0 aliphatic carbocycles. The standard InChI is InChI=1S/C15H11FN6OS2/c1-8-21-22-12(23)6-9(17-15(22)25-8)7-24-14-18-13(19-20-14)10-4-2-3-5-11(10)16/h2-6H,7H2,1H3,(H,18,19,20). The van der Waals surface area contributed by atoms with Crippen molar-refractivity contribution in [2.24, 2.45) is 0 Å². The van der Waals surface area contributed by atoms with Crippen molar-refractivity contribution in [2.45, 2.75) is 17.8 Å². The van der Waals surface area contributed by atoms with Gasteiger partial charge in [0, 0.05) is 11.8 Å². The molecule has 0 atom stereocenters. The molecule has 25 heavy (non-hydrogen) atoms. The number of aromatic amines is 1. The number of rotatable bonds is 4. The summed E-state index contributed by atoms with van der Waals surface area (Å²) in [6.07, 6.45) is 0. The van der Waals surface area contributed by atoms with Crippen molar-refractivity contribution in [3.8, 4) is 11.4 Å². The zero-order chi connectivity index (χ0) is 17.4. The molecule has 4 aromatic rings. The predicted molar refractivity (Wildman–Crippen MR) is 93.2 cm³/mol. The minimum absolute atomic E-state index is 0.216. The Morgan fingerprint density at radius 2 is 2.16 bits per heavy atom. The summed E-state index contributed by atoms with van der Waals surface area (Å²) in [4.78, 5) is 21.3. The van der Waals surface area contributed by atoms with Gasteiger partial charge in [0.05, 0.1) is 11.3 Å². The van der Waals surface area contributed by atoms with Crippen LogP contribution in [0, 0.1) is 12.7 Å². The average Bonchev–Trinajstić information content (AvgIpc) is 3.19. The lowest BCUT2D eigenvalue weighted by atomic mass is 10.2. The maximum Gasteiger partial charge on any atom is 0.275 e. The molecule has 3 aromatic heterocycles. The second kappa shape index (κ2) is 6.37. The number of hydrogen-bond donors (Lipinski definition) is 1. The molecule has 0 bridgehead atoms. The Labute approximate surface area is 149 Å². The van der Waals surface area contributed by atoms with Crippen LogP contribution in [0.2, 0.25) is 0 Å². The first-order valence-corrected chi connectivity index (χ1v) is 9.07. The molecule has 0 aliphatic rings. The van der Waals surface area contributed by atoms with Gasteiger partial charge in [-0.25, -0.2) is 14.4 Å². The summed E-state index contributed by atoms with van der Waals surface area (Å²) in [5.41, 5.74) is 0.766. The van der Waals surface area contributed by atoms with Gasteiger partial charge in [-0.1, -0.05) is 35.2 Å². The Morgan fingerprint density at radius 3 is 3.00 bits per heavy atom. The highest BCUT2D eigenvalue weighted by Gasteiger charge is 2.12. The molecule has 3 heterocycles. The second-order valence-corrected chi connectivity index (χ2v) is 7.24. The van der Waals surface area contributed by atoms with Crippen LogP contribution in [-0.4, -0.2) is 29.8 Å². The van der Waals surface area contributed by atoms with Crippen molar-refractivity contribution >= 4 is 28.1 Å². The van der Waals surface area contributed by atoms with Crippen LogP contribution in [0.15, 0.2) is 40.3 Å². The first kappa shape index (κ1) is 15.9. The second-order valence-electron chi connectivity index (χ2n) is 5.14. The molecule has 0 unspecified atom stereocenters. The van der Waals surface area contributed by atoms with Crippen LogP contribution >= 0.6 is 23.1 Å². The topological polar surface area (TPSA) is 88.8 Å². The summed E-state index contributed by atoms with van der Waals surface area (Å²) in [6, 6.07) is 7.80. The van der Waals surface area contributed by atoms with Crippen LogP contribution in [0.5, 0.6) is 0 Å². The van der Waals surface area contributed by atoms with E-state index in [1.807, 2.05) is 6.92 Å². The number of benzene rings is 1. The van der Waals surface area contributed by atoms with E-state index in [0.717, 1.165) is 5.01 Å². The lowest BCUT2D eigenvalue weighted by Crippen LogP contribution is -2.15. The Kier molecular flexibility index (Phi) is 4.06. The van der Waals surface area contributed by atoms with E-state index < -0.39 is 0 Å². The zero-order valence-electron chi connectivity index (χ0n) is 12.9. The molecular formula is C15H11FN6OS2. The quantitative estimate of drug-likeness (QED) is 0.553. The van der Waals surface area contributed by atoms with Crippen molar-refractivity contribution in [2.75, 3.05) is 0 Å². The Morgan fingerprint density at radius 1 is 1.32 bits per heavy atom. The maximum absolute atomic E-state index is 13.8. The highest BCUT2D eigenvalue weighted by molar-refractivity contribution is 7.98. The normalized spacial score (nSPS) is 11.3. The van der Waals surface area contributed by atoms with Crippen LogP contribution in [-0.2, 0) is 5.75 Å². The number of fused-ring (bicyclic) bond motifs is 1. The minimum Gasteiger partial charge on any atom is -0.267 e. The van der Waals surface area contributed by atoms with E-state index in [-0.39, 0.29) is 11.4 Å². The molecule has 0 radical (unpaired) electrons. The number of aromatic nitrogens is 6. The molecule has 0 saturated heterocycles. The number of halogens is 1. The van der Waals surface area contributed by atoms with Gasteiger partial charge in [-0.3, -0.25) is 9.89 Å². The van der Waals surface area contributed by atoms with E-state index in [1.54, 1.807) is 18.2 Å². The van der Waals surface area contributed by atoms with Gasteiger partial charge in [0.2, 0.25) is 10.1 Å². The molecule has 7 nitrogen and oxygen atoms in total. The summed E-state index contributed by atoms with van der Waals surface area (Å²) in [5, 5.41) is 12.1. The number of hydrogen-bond acceptors (Lipinski definition) is 7. The van der Waals surface area contributed by atoms with Crippen LogP contribution in [0.1, 0.15) is 10.7 Å². The largest absolute Gasteiger partial charge is 0.275 e. The summed E-state index contributed by atoms with van der Waals surface area (Å²) in [7, 11) is 0. The summed E-state index contributed by atoms with van der Waals surface area (Å²) in [6.45, 7) is 1.82. The molecular weight excluding hydrogens is 363 g/mol. The van der Waals surface area contributed by atoms with Gasteiger partial charge in [0.1, 0.15) is 10.8 Å². The van der Waals surface area contributed by atoms with Crippen molar-refractivity contribution < 1.29 is 4.39 Å². The molecule has 0 spiro atoms. The number of nitrogens with one attached hydrogen (secondary N) is 1. The van der Waals surface area contributed by atoms with Gasteiger partial charge in [-0.2, -0.15) is 9.61 Å². The third kappa shape index (κ3) is 3.17. The smallest absolute Gasteiger partial charge is 0.267 e. The lowest BCUT2D eigenvalue weighted by molar-refractivity contribution is 0.630. The number of nitrogens with zero attached hydrogens (tertiary/aromatic N) is 5. The predicted octanol–water partition coefficient (Wildman–Crippen LogP) is 2.68. The van der Waals surface area contributed by atoms with Crippen LogP contribution in [0.25, 0.3) is 16.3 Å². The van der Waals surface area contributed by atoms with E-state index in [4.69, 9.17) is 0 Å². The lowest BCUT2D eigenvalue weighted by Gasteiger charge is -1.98.